The first-order valence-corrected chi connectivity index (χ1v) is 5.06. The number of nitrogens with two attached hydrogens (primary N) is 2. The number of benzene rings is 1. The highest BCUT2D eigenvalue weighted by molar-refractivity contribution is 6.02. The van der Waals surface area contributed by atoms with Crippen molar-refractivity contribution in [2.75, 3.05) is 0 Å². The monoisotopic (exact) mass is 203 g/mol. The van der Waals surface area contributed by atoms with Crippen LogP contribution in [0.15, 0.2) is 29.4 Å². The maximum Gasteiger partial charge on any atom is 0.362 e. The molecule has 0 atom stereocenters. The van der Waals surface area contributed by atoms with Crippen molar-refractivity contribution >= 4 is 11.7 Å². The molecule has 0 aromatic heterocycles. The van der Waals surface area contributed by atoms with Crippen molar-refractivity contribution in [1.29, 1.82) is 0 Å². The Balaban J connectivity index is 2.38. The molecule has 0 radical (unpaired) electrons. The van der Waals surface area contributed by atoms with Crippen LogP contribution < -0.4 is 16.6 Å². The highest BCUT2D eigenvalue weighted by Crippen LogP contribution is 2.20. The Morgan fingerprint density at radius 2 is 2.00 bits per heavy atom. The number of rotatable bonds is 1. The molecule has 2 rings (SSSR count). The minimum Gasteiger partial charge on any atom is -0.289 e. The quantitative estimate of drug-likeness (QED) is 0.313. The van der Waals surface area contributed by atoms with Crippen LogP contribution in [0.1, 0.15) is 24.0 Å². The number of hydrogen-bond acceptors (Lipinski definition) is 1. The van der Waals surface area contributed by atoms with E-state index in [2.05, 4.69) is 28.4 Å². The Bertz CT molecular complexity index is 416. The van der Waals surface area contributed by atoms with Gasteiger partial charge in [-0.05, 0) is 24.8 Å². The summed E-state index contributed by atoms with van der Waals surface area (Å²) in [6.45, 7) is 0. The van der Waals surface area contributed by atoms with Gasteiger partial charge in [0.05, 0.1) is 5.71 Å². The van der Waals surface area contributed by atoms with E-state index in [1.807, 2.05) is 6.07 Å². The van der Waals surface area contributed by atoms with Crippen LogP contribution in [0.3, 0.4) is 0 Å². The first-order valence-electron chi connectivity index (χ1n) is 5.06. The second kappa shape index (κ2) is 4.13. The van der Waals surface area contributed by atoms with Gasteiger partial charge in [0.25, 0.3) is 0 Å². The van der Waals surface area contributed by atoms with Crippen LogP contribution in [-0.2, 0) is 6.42 Å². The Hall–Kier alpha value is -1.84. The Morgan fingerprint density at radius 3 is 2.80 bits per heavy atom. The van der Waals surface area contributed by atoms with Crippen molar-refractivity contribution < 1.29 is 5.10 Å². The van der Waals surface area contributed by atoms with Gasteiger partial charge in [0.2, 0.25) is 0 Å². The lowest BCUT2D eigenvalue weighted by atomic mass is 9.90. The molecule has 0 heterocycles. The highest BCUT2D eigenvalue weighted by atomic mass is 15.3. The molecule has 1 aromatic rings. The third kappa shape index (κ3) is 2.15. The number of nitrogens with one attached hydrogen (secondary N) is 1. The van der Waals surface area contributed by atoms with Gasteiger partial charge in [0.15, 0.2) is 0 Å². The molecule has 1 aliphatic carbocycles. The summed E-state index contributed by atoms with van der Waals surface area (Å²) in [5, 5.41) is 6.82. The van der Waals surface area contributed by atoms with Gasteiger partial charge < -0.3 is 0 Å². The molecule has 0 aliphatic heterocycles. The van der Waals surface area contributed by atoms with E-state index in [-0.39, 0.29) is 5.96 Å². The first kappa shape index (κ1) is 9.71. The third-order valence-corrected chi connectivity index (χ3v) is 2.51. The fourth-order valence-electron chi connectivity index (χ4n) is 1.85. The molecule has 78 valence electrons. The average molecular weight is 203 g/mol. The zero-order valence-corrected chi connectivity index (χ0v) is 8.53. The largest absolute Gasteiger partial charge is 0.362 e. The molecule has 5 N–H and O–H groups in total. The lowest BCUT2D eigenvalue weighted by Gasteiger charge is -2.15. The van der Waals surface area contributed by atoms with Gasteiger partial charge in [-0.2, -0.15) is 5.10 Å². The number of guanidine groups is 1. The van der Waals surface area contributed by atoms with E-state index in [9.17, 15) is 0 Å². The second-order valence-electron chi connectivity index (χ2n) is 3.64. The van der Waals surface area contributed by atoms with Crippen LogP contribution >= 0.6 is 0 Å². The third-order valence-electron chi connectivity index (χ3n) is 2.51. The maximum absolute atomic E-state index is 5.31. The van der Waals surface area contributed by atoms with Crippen molar-refractivity contribution in [3.8, 4) is 0 Å². The molecule has 0 saturated carbocycles. The predicted molar refractivity (Wildman–Crippen MR) is 60.3 cm³/mol. The summed E-state index contributed by atoms with van der Waals surface area (Å²) in [5.41, 5.74) is 14.2. The molecule has 0 amide bonds. The van der Waals surface area contributed by atoms with E-state index in [1.165, 1.54) is 11.1 Å². The summed E-state index contributed by atoms with van der Waals surface area (Å²) in [7, 11) is 0. The van der Waals surface area contributed by atoms with Gasteiger partial charge in [0, 0.05) is 5.56 Å². The van der Waals surface area contributed by atoms with E-state index in [0.717, 1.165) is 25.0 Å². The van der Waals surface area contributed by atoms with Crippen molar-refractivity contribution in [3.05, 3.63) is 35.4 Å². The van der Waals surface area contributed by atoms with Gasteiger partial charge in [-0.1, -0.05) is 24.3 Å². The molecular formula is C11H15N4+. The predicted octanol–water partition coefficient (Wildman–Crippen LogP) is -0.919. The normalized spacial score (nSPS) is 17.2. The summed E-state index contributed by atoms with van der Waals surface area (Å²) in [5.74, 6) is 0.130. The first-order chi connectivity index (χ1) is 7.27. The number of hydrazone groups is 1. The number of hydrogen-bond donors (Lipinski definition) is 3. The average Bonchev–Trinajstić information content (AvgIpc) is 2.26. The number of fused-ring (bicyclic) bond motifs is 1. The van der Waals surface area contributed by atoms with Gasteiger partial charge in [-0.15, -0.1) is 5.10 Å². The molecule has 1 aromatic carbocycles. The standard InChI is InChI=1S/C11H14N4/c12-11(13)15-14-10-7-3-5-8-4-1-2-6-9(8)10/h1-2,4,6H,3,5,7H2,(H4,12,13,15)/p+1/b14-10-. The van der Waals surface area contributed by atoms with E-state index in [0.29, 0.717) is 0 Å². The molecule has 0 unspecified atom stereocenters. The minimum atomic E-state index is 0.130. The maximum atomic E-state index is 5.31. The summed E-state index contributed by atoms with van der Waals surface area (Å²) < 4.78 is 0. The number of aryl methyl sites for hydroxylation is 1. The van der Waals surface area contributed by atoms with Crippen LogP contribution in [0.4, 0.5) is 0 Å². The highest BCUT2D eigenvalue weighted by Gasteiger charge is 2.14. The fraction of sp³-hybridized carbons (Fsp3) is 0.273. The van der Waals surface area contributed by atoms with Crippen LogP contribution in [0.5, 0.6) is 0 Å². The molecule has 4 heteroatoms. The van der Waals surface area contributed by atoms with E-state index >= 15 is 0 Å². The number of nitrogens with zero attached hydrogens (tertiary/aromatic N) is 1. The van der Waals surface area contributed by atoms with Gasteiger partial charge in [-0.25, -0.2) is 0 Å². The molecule has 1 aliphatic rings. The Labute approximate surface area is 88.7 Å². The molecule has 0 saturated heterocycles. The molecule has 0 fully saturated rings. The van der Waals surface area contributed by atoms with Crippen LogP contribution in [0.2, 0.25) is 0 Å². The molecular weight excluding hydrogens is 188 g/mol. The van der Waals surface area contributed by atoms with Crippen LogP contribution in [0.25, 0.3) is 0 Å². The van der Waals surface area contributed by atoms with Crippen molar-refractivity contribution in [2.45, 2.75) is 19.3 Å². The topological polar surface area (TPSA) is 78.4 Å². The van der Waals surface area contributed by atoms with Gasteiger partial charge in [0.1, 0.15) is 0 Å². The lowest BCUT2D eigenvalue weighted by molar-refractivity contribution is -0.464. The summed E-state index contributed by atoms with van der Waals surface area (Å²) in [4.78, 5) is 0. The fourth-order valence-corrected chi connectivity index (χ4v) is 1.85. The van der Waals surface area contributed by atoms with Crippen molar-refractivity contribution in [2.24, 2.45) is 16.6 Å². The van der Waals surface area contributed by atoms with Crippen LogP contribution in [-0.4, -0.2) is 11.7 Å². The molecule has 4 nitrogen and oxygen atoms in total. The van der Waals surface area contributed by atoms with Crippen LogP contribution in [0, 0.1) is 0 Å². The van der Waals surface area contributed by atoms with Gasteiger partial charge >= 0.3 is 5.96 Å². The van der Waals surface area contributed by atoms with E-state index in [1.54, 1.807) is 0 Å². The summed E-state index contributed by atoms with van der Waals surface area (Å²) in [6, 6.07) is 8.30. The lowest BCUT2D eigenvalue weighted by Crippen LogP contribution is -2.73. The minimum absolute atomic E-state index is 0.130. The SMILES string of the molecule is NC(N)=[NH+]/N=C1/CCCc2ccccc21. The Kier molecular flexibility index (Phi) is 2.67. The Morgan fingerprint density at radius 1 is 1.20 bits per heavy atom. The molecule has 0 spiro atoms. The van der Waals surface area contributed by atoms with E-state index in [4.69, 9.17) is 11.5 Å². The zero-order chi connectivity index (χ0) is 10.7. The smallest absolute Gasteiger partial charge is 0.289 e. The van der Waals surface area contributed by atoms with Crippen molar-refractivity contribution in [1.82, 2.24) is 0 Å². The molecule has 15 heavy (non-hydrogen) atoms. The molecule has 0 bridgehead atoms. The summed E-state index contributed by atoms with van der Waals surface area (Å²) >= 11 is 0. The zero-order valence-electron chi connectivity index (χ0n) is 8.53. The van der Waals surface area contributed by atoms with E-state index < -0.39 is 0 Å². The summed E-state index contributed by atoms with van der Waals surface area (Å²) in [6.07, 6.45) is 3.22. The second-order valence-corrected chi connectivity index (χ2v) is 3.64. The van der Waals surface area contributed by atoms with Crippen molar-refractivity contribution in [3.63, 3.8) is 0 Å². The van der Waals surface area contributed by atoms with Gasteiger partial charge in [-0.3, -0.25) is 11.5 Å².